The number of nitrogens with zero attached hydrogens (tertiary/aromatic N) is 4. The molecule has 1 aromatic heterocycles. The second-order valence-corrected chi connectivity index (χ2v) is 6.82. The maximum absolute atomic E-state index is 5.95. The van der Waals surface area contributed by atoms with Gasteiger partial charge in [0.15, 0.2) is 5.96 Å². The van der Waals surface area contributed by atoms with E-state index in [1.807, 2.05) is 43.2 Å². The molecule has 7 heteroatoms. The van der Waals surface area contributed by atoms with Gasteiger partial charge in [-0.2, -0.15) is 5.10 Å². The second-order valence-electron chi connectivity index (χ2n) is 6.82. The van der Waals surface area contributed by atoms with Gasteiger partial charge in [-0.05, 0) is 38.0 Å². The molecule has 1 fully saturated rings. The average molecular weight is 386 g/mol. The van der Waals surface area contributed by atoms with Crippen LogP contribution in [-0.2, 0) is 18.2 Å². The number of benzene rings is 1. The van der Waals surface area contributed by atoms with Gasteiger partial charge >= 0.3 is 0 Å². The zero-order valence-corrected chi connectivity index (χ0v) is 17.1. The third-order valence-corrected chi connectivity index (χ3v) is 4.67. The van der Waals surface area contributed by atoms with Crippen LogP contribution in [0.15, 0.2) is 41.7 Å². The predicted octanol–water partition coefficient (Wildman–Crippen LogP) is 2.40. The van der Waals surface area contributed by atoms with E-state index in [4.69, 9.17) is 14.5 Å². The molecular weight excluding hydrogens is 354 g/mol. The first-order chi connectivity index (χ1) is 13.7. The van der Waals surface area contributed by atoms with E-state index in [9.17, 15) is 0 Å². The van der Waals surface area contributed by atoms with Gasteiger partial charge in [0, 0.05) is 38.4 Å². The molecule has 0 radical (unpaired) electrons. The minimum absolute atomic E-state index is 0.0224. The fourth-order valence-electron chi connectivity index (χ4n) is 3.32. The Hall–Kier alpha value is -2.54. The summed E-state index contributed by atoms with van der Waals surface area (Å²) in [7, 11) is 1.93. The fraction of sp³-hybridized carbons (Fsp3) is 0.524. The maximum Gasteiger partial charge on any atom is 0.194 e. The van der Waals surface area contributed by atoms with Crippen molar-refractivity contribution in [2.75, 3.05) is 39.4 Å². The van der Waals surface area contributed by atoms with Gasteiger partial charge in [0.25, 0.3) is 0 Å². The molecular formula is C21H31N5O2. The average Bonchev–Trinajstić information content (AvgIpc) is 3.14. The Morgan fingerprint density at radius 3 is 3.04 bits per heavy atom. The SMILES string of the molecule is CCNC(=NCCc1cccc(OCC)c1)N1CCOC(c2cnn(C)c2)C1. The lowest BCUT2D eigenvalue weighted by molar-refractivity contribution is -0.00803. The van der Waals surface area contributed by atoms with Crippen LogP contribution in [0.3, 0.4) is 0 Å². The molecule has 3 rings (SSSR count). The van der Waals surface area contributed by atoms with Gasteiger partial charge in [-0.1, -0.05) is 12.1 Å². The van der Waals surface area contributed by atoms with Gasteiger partial charge in [-0.25, -0.2) is 0 Å². The smallest absolute Gasteiger partial charge is 0.194 e. The molecule has 0 bridgehead atoms. The van der Waals surface area contributed by atoms with Crippen molar-refractivity contribution in [3.63, 3.8) is 0 Å². The molecule has 0 amide bonds. The van der Waals surface area contributed by atoms with Crippen molar-refractivity contribution in [1.82, 2.24) is 20.0 Å². The topological polar surface area (TPSA) is 63.9 Å². The van der Waals surface area contributed by atoms with E-state index in [2.05, 4.69) is 34.4 Å². The highest BCUT2D eigenvalue weighted by Crippen LogP contribution is 2.21. The Morgan fingerprint density at radius 2 is 2.29 bits per heavy atom. The minimum atomic E-state index is 0.0224. The van der Waals surface area contributed by atoms with Gasteiger partial charge in [0.05, 0.1) is 26.0 Å². The minimum Gasteiger partial charge on any atom is -0.494 e. The number of hydrogen-bond acceptors (Lipinski definition) is 4. The standard InChI is InChI=1S/C21H31N5O2/c1-4-22-21(23-10-9-17-7-6-8-19(13-17)27-5-2)26-11-12-28-20(16-26)18-14-24-25(3)15-18/h6-8,13-15,20H,4-5,9-12,16H2,1-3H3,(H,22,23). The summed E-state index contributed by atoms with van der Waals surface area (Å²) in [6.45, 7) is 8.64. The first kappa shape index (κ1) is 20.2. The molecule has 28 heavy (non-hydrogen) atoms. The Balaban J connectivity index is 1.62. The van der Waals surface area contributed by atoms with E-state index < -0.39 is 0 Å². The summed E-state index contributed by atoms with van der Waals surface area (Å²) < 4.78 is 13.4. The summed E-state index contributed by atoms with van der Waals surface area (Å²) in [5, 5.41) is 7.69. The Kier molecular flexibility index (Phi) is 7.31. The van der Waals surface area contributed by atoms with Crippen LogP contribution in [-0.4, -0.2) is 60.0 Å². The molecule has 1 saturated heterocycles. The summed E-state index contributed by atoms with van der Waals surface area (Å²) in [5.74, 6) is 1.86. The molecule has 1 N–H and O–H groups in total. The molecule has 0 saturated carbocycles. The van der Waals surface area contributed by atoms with Gasteiger partial charge in [-0.15, -0.1) is 0 Å². The van der Waals surface area contributed by atoms with Crippen molar-refractivity contribution >= 4 is 5.96 Å². The number of hydrogen-bond donors (Lipinski definition) is 1. The summed E-state index contributed by atoms with van der Waals surface area (Å²) in [4.78, 5) is 7.13. The largest absolute Gasteiger partial charge is 0.494 e. The van der Waals surface area contributed by atoms with Crippen molar-refractivity contribution < 1.29 is 9.47 Å². The number of nitrogens with one attached hydrogen (secondary N) is 1. The van der Waals surface area contributed by atoms with E-state index >= 15 is 0 Å². The number of morpholine rings is 1. The molecule has 152 valence electrons. The third kappa shape index (κ3) is 5.48. The molecule has 2 heterocycles. The number of aliphatic imine (C=N–C) groups is 1. The summed E-state index contributed by atoms with van der Waals surface area (Å²) in [6, 6.07) is 8.25. The van der Waals surface area contributed by atoms with Crippen molar-refractivity contribution in [2.24, 2.45) is 12.0 Å². The highest BCUT2D eigenvalue weighted by Gasteiger charge is 2.25. The molecule has 1 aliphatic heterocycles. The first-order valence-electron chi connectivity index (χ1n) is 10.0. The molecule has 0 aliphatic carbocycles. The Bertz CT molecular complexity index is 774. The molecule has 7 nitrogen and oxygen atoms in total. The van der Waals surface area contributed by atoms with Gasteiger partial charge in [-0.3, -0.25) is 9.67 Å². The number of guanidine groups is 1. The first-order valence-corrected chi connectivity index (χ1v) is 10.0. The Labute approximate surface area is 167 Å². The number of rotatable bonds is 7. The second kappa shape index (κ2) is 10.1. The van der Waals surface area contributed by atoms with E-state index in [-0.39, 0.29) is 6.10 Å². The van der Waals surface area contributed by atoms with E-state index in [1.54, 1.807) is 0 Å². The highest BCUT2D eigenvalue weighted by molar-refractivity contribution is 5.80. The van der Waals surface area contributed by atoms with Crippen LogP contribution in [0.4, 0.5) is 0 Å². The van der Waals surface area contributed by atoms with E-state index in [0.717, 1.165) is 49.9 Å². The van der Waals surface area contributed by atoms with E-state index in [0.29, 0.717) is 13.2 Å². The van der Waals surface area contributed by atoms with E-state index in [1.165, 1.54) is 5.56 Å². The van der Waals surface area contributed by atoms with Crippen LogP contribution in [0.5, 0.6) is 5.75 Å². The monoisotopic (exact) mass is 385 g/mol. The van der Waals surface area contributed by atoms with Gasteiger partial charge < -0.3 is 19.7 Å². The number of aryl methyl sites for hydroxylation is 1. The summed E-state index contributed by atoms with van der Waals surface area (Å²) in [6.07, 6.45) is 4.80. The summed E-state index contributed by atoms with van der Waals surface area (Å²) >= 11 is 0. The van der Waals surface area contributed by atoms with Crippen LogP contribution < -0.4 is 10.1 Å². The maximum atomic E-state index is 5.95. The number of aromatic nitrogens is 2. The van der Waals surface area contributed by atoms with Crippen LogP contribution in [0.1, 0.15) is 31.1 Å². The highest BCUT2D eigenvalue weighted by atomic mass is 16.5. The van der Waals surface area contributed by atoms with Crippen LogP contribution in [0.25, 0.3) is 0 Å². The van der Waals surface area contributed by atoms with Crippen molar-refractivity contribution in [2.45, 2.75) is 26.4 Å². The molecule has 1 unspecified atom stereocenters. The molecule has 1 atom stereocenters. The molecule has 0 spiro atoms. The lowest BCUT2D eigenvalue weighted by Gasteiger charge is -2.34. The zero-order chi connectivity index (χ0) is 19.8. The van der Waals surface area contributed by atoms with Crippen molar-refractivity contribution in [1.29, 1.82) is 0 Å². The lowest BCUT2D eigenvalue weighted by Crippen LogP contribution is -2.48. The third-order valence-electron chi connectivity index (χ3n) is 4.67. The van der Waals surface area contributed by atoms with Crippen LogP contribution >= 0.6 is 0 Å². The fourth-order valence-corrected chi connectivity index (χ4v) is 3.32. The molecule has 1 aromatic carbocycles. The quantitative estimate of drug-likeness (QED) is 0.586. The van der Waals surface area contributed by atoms with Gasteiger partial charge in [0.1, 0.15) is 11.9 Å². The van der Waals surface area contributed by atoms with Crippen molar-refractivity contribution in [3.8, 4) is 5.75 Å². The zero-order valence-electron chi connectivity index (χ0n) is 17.1. The molecule has 1 aliphatic rings. The number of ether oxygens (including phenoxy) is 2. The molecule has 2 aromatic rings. The van der Waals surface area contributed by atoms with Crippen LogP contribution in [0, 0.1) is 0 Å². The van der Waals surface area contributed by atoms with Crippen molar-refractivity contribution in [3.05, 3.63) is 47.8 Å². The van der Waals surface area contributed by atoms with Gasteiger partial charge in [0.2, 0.25) is 0 Å². The Morgan fingerprint density at radius 1 is 1.39 bits per heavy atom. The predicted molar refractivity (Wildman–Crippen MR) is 111 cm³/mol. The summed E-state index contributed by atoms with van der Waals surface area (Å²) in [5.41, 5.74) is 2.34. The lowest BCUT2D eigenvalue weighted by atomic mass is 10.1. The van der Waals surface area contributed by atoms with Crippen LogP contribution in [0.2, 0.25) is 0 Å². The normalized spacial score (nSPS) is 17.6.